The third kappa shape index (κ3) is 3.79. The highest BCUT2D eigenvalue weighted by Crippen LogP contribution is 2.09. The zero-order valence-corrected chi connectivity index (χ0v) is 9.16. The van der Waals surface area contributed by atoms with Crippen LogP contribution in [0.4, 0.5) is 0 Å². The lowest BCUT2D eigenvalue weighted by molar-refractivity contribution is 0.0712. The van der Waals surface area contributed by atoms with E-state index in [1.165, 1.54) is 0 Å². The van der Waals surface area contributed by atoms with Crippen LogP contribution in [0.25, 0.3) is 0 Å². The summed E-state index contributed by atoms with van der Waals surface area (Å²) in [7, 11) is 0. The second-order valence-corrected chi connectivity index (χ2v) is 3.55. The molecule has 0 aliphatic heterocycles. The Morgan fingerprint density at radius 1 is 1.57 bits per heavy atom. The van der Waals surface area contributed by atoms with Crippen LogP contribution in [0.3, 0.4) is 0 Å². The summed E-state index contributed by atoms with van der Waals surface area (Å²) in [6.07, 6.45) is 2.77. The van der Waals surface area contributed by atoms with Gasteiger partial charge in [-0.15, -0.1) is 0 Å². The molecule has 3 heteroatoms. The Bertz CT molecular complexity index is 312. The molecule has 0 heterocycles. The van der Waals surface area contributed by atoms with Crippen LogP contribution in [0.15, 0.2) is 29.4 Å². The van der Waals surface area contributed by atoms with E-state index in [4.69, 9.17) is 16.4 Å². The van der Waals surface area contributed by atoms with Crippen molar-refractivity contribution < 1.29 is 4.84 Å². The quantitative estimate of drug-likeness (QED) is 0.552. The van der Waals surface area contributed by atoms with E-state index in [9.17, 15) is 0 Å². The Kier molecular flexibility index (Phi) is 4.47. The molecule has 14 heavy (non-hydrogen) atoms. The zero-order valence-electron chi connectivity index (χ0n) is 8.40. The lowest BCUT2D eigenvalue weighted by atomic mass is 10.2. The van der Waals surface area contributed by atoms with Gasteiger partial charge in [0, 0.05) is 5.02 Å². The second kappa shape index (κ2) is 5.66. The van der Waals surface area contributed by atoms with Gasteiger partial charge in [0.25, 0.3) is 0 Å². The van der Waals surface area contributed by atoms with Gasteiger partial charge in [-0.2, -0.15) is 0 Å². The molecule has 0 radical (unpaired) electrons. The van der Waals surface area contributed by atoms with Gasteiger partial charge in [0.2, 0.25) is 0 Å². The molecule has 1 aromatic carbocycles. The first-order valence-electron chi connectivity index (χ1n) is 4.67. The summed E-state index contributed by atoms with van der Waals surface area (Å²) >= 11 is 5.81. The Balaban J connectivity index is 2.51. The molecule has 1 rings (SSSR count). The first-order chi connectivity index (χ1) is 6.72. The number of nitrogens with zero attached hydrogens (tertiary/aromatic N) is 1. The summed E-state index contributed by atoms with van der Waals surface area (Å²) in [5, 5.41) is 4.58. The fourth-order valence-corrected chi connectivity index (χ4v) is 1.06. The topological polar surface area (TPSA) is 21.6 Å². The van der Waals surface area contributed by atoms with E-state index < -0.39 is 0 Å². The van der Waals surface area contributed by atoms with Crippen molar-refractivity contribution in [1.29, 1.82) is 0 Å². The lowest BCUT2D eigenvalue weighted by Gasteiger charge is -2.04. The van der Waals surface area contributed by atoms with Crippen molar-refractivity contribution >= 4 is 17.8 Å². The predicted octanol–water partition coefficient (Wildman–Crippen LogP) is 3.49. The van der Waals surface area contributed by atoms with Crippen LogP contribution in [0.2, 0.25) is 5.02 Å². The third-order valence-electron chi connectivity index (χ3n) is 1.87. The van der Waals surface area contributed by atoms with Gasteiger partial charge in [-0.3, -0.25) is 0 Å². The van der Waals surface area contributed by atoms with Crippen LogP contribution in [-0.4, -0.2) is 12.3 Å². The van der Waals surface area contributed by atoms with E-state index in [0.717, 1.165) is 12.0 Å². The van der Waals surface area contributed by atoms with Gasteiger partial charge in [-0.1, -0.05) is 35.8 Å². The summed E-state index contributed by atoms with van der Waals surface area (Å²) in [6.45, 7) is 4.04. The normalized spacial score (nSPS) is 13.1. The fraction of sp³-hybridized carbons (Fsp3) is 0.364. The van der Waals surface area contributed by atoms with Gasteiger partial charge < -0.3 is 4.84 Å². The number of halogens is 1. The number of rotatable bonds is 4. The Hall–Kier alpha value is -1.02. The van der Waals surface area contributed by atoms with E-state index in [2.05, 4.69) is 12.1 Å². The minimum Gasteiger partial charge on any atom is -0.393 e. The molecule has 0 aromatic heterocycles. The van der Waals surface area contributed by atoms with Crippen molar-refractivity contribution in [3.8, 4) is 0 Å². The number of hydrogen-bond acceptors (Lipinski definition) is 2. The maximum absolute atomic E-state index is 5.81. The first kappa shape index (κ1) is 11.1. The molecule has 1 atom stereocenters. The fourth-order valence-electron chi connectivity index (χ4n) is 0.857. The largest absolute Gasteiger partial charge is 0.393 e. The van der Waals surface area contributed by atoms with Crippen LogP contribution < -0.4 is 0 Å². The van der Waals surface area contributed by atoms with Crippen molar-refractivity contribution in [3.63, 3.8) is 0 Å². The number of oxime groups is 1. The van der Waals surface area contributed by atoms with E-state index in [1.807, 2.05) is 31.2 Å². The summed E-state index contributed by atoms with van der Waals surface area (Å²) in [5.74, 6) is 0. The highest BCUT2D eigenvalue weighted by molar-refractivity contribution is 6.30. The van der Waals surface area contributed by atoms with Crippen molar-refractivity contribution in [2.75, 3.05) is 0 Å². The number of benzene rings is 1. The maximum Gasteiger partial charge on any atom is 0.124 e. The van der Waals surface area contributed by atoms with E-state index in [-0.39, 0.29) is 6.10 Å². The van der Waals surface area contributed by atoms with Crippen molar-refractivity contribution in [2.24, 2.45) is 5.16 Å². The molecule has 0 saturated heterocycles. The SMILES string of the molecule is CCC(C)ON=Cc1cccc(Cl)c1. The van der Waals surface area contributed by atoms with Gasteiger partial charge in [0.05, 0.1) is 6.21 Å². The van der Waals surface area contributed by atoms with Crippen LogP contribution >= 0.6 is 11.6 Å². The third-order valence-corrected chi connectivity index (χ3v) is 2.10. The second-order valence-electron chi connectivity index (χ2n) is 3.11. The van der Waals surface area contributed by atoms with E-state index in [1.54, 1.807) is 6.21 Å². The van der Waals surface area contributed by atoms with Crippen molar-refractivity contribution in [2.45, 2.75) is 26.4 Å². The van der Waals surface area contributed by atoms with Crippen LogP contribution in [0.5, 0.6) is 0 Å². The average Bonchev–Trinajstić information content (AvgIpc) is 2.17. The van der Waals surface area contributed by atoms with Gasteiger partial charge in [0.1, 0.15) is 6.10 Å². The molecule has 1 unspecified atom stereocenters. The Morgan fingerprint density at radius 2 is 2.36 bits per heavy atom. The molecule has 0 saturated carbocycles. The molecule has 2 nitrogen and oxygen atoms in total. The van der Waals surface area contributed by atoms with Gasteiger partial charge in [0.15, 0.2) is 0 Å². The highest BCUT2D eigenvalue weighted by atomic mass is 35.5. The molecule has 0 bridgehead atoms. The van der Waals surface area contributed by atoms with Crippen LogP contribution in [0.1, 0.15) is 25.8 Å². The Labute approximate surface area is 89.5 Å². The molecular formula is C11H14ClNO. The average molecular weight is 212 g/mol. The van der Waals surface area contributed by atoms with Crippen LogP contribution in [0, 0.1) is 0 Å². The zero-order chi connectivity index (χ0) is 10.4. The molecular weight excluding hydrogens is 198 g/mol. The molecule has 0 amide bonds. The summed E-state index contributed by atoms with van der Waals surface area (Å²) < 4.78 is 0. The molecule has 0 aliphatic carbocycles. The number of hydrogen-bond donors (Lipinski definition) is 0. The standard InChI is InChI=1S/C11H14ClNO/c1-3-9(2)14-13-8-10-5-4-6-11(12)7-10/h4-9H,3H2,1-2H3. The Morgan fingerprint density at radius 3 is 3.00 bits per heavy atom. The van der Waals surface area contributed by atoms with Crippen molar-refractivity contribution in [1.82, 2.24) is 0 Å². The minimum atomic E-state index is 0.158. The highest BCUT2D eigenvalue weighted by Gasteiger charge is 1.95. The molecule has 0 fully saturated rings. The van der Waals surface area contributed by atoms with Gasteiger partial charge in [-0.05, 0) is 31.0 Å². The van der Waals surface area contributed by atoms with E-state index >= 15 is 0 Å². The summed E-state index contributed by atoms with van der Waals surface area (Å²) in [4.78, 5) is 5.16. The molecule has 0 aliphatic rings. The van der Waals surface area contributed by atoms with E-state index in [0.29, 0.717) is 5.02 Å². The predicted molar refractivity (Wildman–Crippen MR) is 59.9 cm³/mol. The summed E-state index contributed by atoms with van der Waals surface area (Å²) in [5.41, 5.74) is 0.945. The van der Waals surface area contributed by atoms with Crippen molar-refractivity contribution in [3.05, 3.63) is 34.9 Å². The maximum atomic E-state index is 5.81. The van der Waals surface area contributed by atoms with Gasteiger partial charge in [-0.25, -0.2) is 0 Å². The first-order valence-corrected chi connectivity index (χ1v) is 5.05. The molecule has 0 N–H and O–H groups in total. The monoisotopic (exact) mass is 211 g/mol. The smallest absolute Gasteiger partial charge is 0.124 e. The minimum absolute atomic E-state index is 0.158. The summed E-state index contributed by atoms with van der Waals surface area (Å²) in [6, 6.07) is 7.47. The van der Waals surface area contributed by atoms with Gasteiger partial charge >= 0.3 is 0 Å². The molecule has 0 spiro atoms. The van der Waals surface area contributed by atoms with Crippen LogP contribution in [-0.2, 0) is 4.84 Å². The molecule has 76 valence electrons. The molecule has 1 aromatic rings. The lowest BCUT2D eigenvalue weighted by Crippen LogP contribution is -2.01.